The Morgan fingerprint density at radius 2 is 1.83 bits per heavy atom. The molecular formula is C16H20O2. The van der Waals surface area contributed by atoms with Crippen LogP contribution in [0.3, 0.4) is 0 Å². The van der Waals surface area contributed by atoms with E-state index in [0.717, 1.165) is 12.2 Å². The van der Waals surface area contributed by atoms with Crippen molar-refractivity contribution in [3.8, 4) is 5.75 Å². The molecule has 0 amide bonds. The molecule has 0 atom stereocenters. The smallest absolute Gasteiger partial charge is 0.122 e. The first-order valence-electron chi connectivity index (χ1n) is 6.23. The van der Waals surface area contributed by atoms with Crippen LogP contribution >= 0.6 is 0 Å². The van der Waals surface area contributed by atoms with Crippen LogP contribution in [0.1, 0.15) is 19.4 Å². The van der Waals surface area contributed by atoms with Crippen molar-refractivity contribution >= 4 is 10.8 Å². The second-order valence-electron chi connectivity index (χ2n) is 5.47. The van der Waals surface area contributed by atoms with Crippen molar-refractivity contribution in [1.29, 1.82) is 0 Å². The van der Waals surface area contributed by atoms with Gasteiger partial charge >= 0.3 is 0 Å². The SMILES string of the molecule is COc1ccc2ccccc2c1CC(C)(C)CO. The van der Waals surface area contributed by atoms with Gasteiger partial charge in [-0.3, -0.25) is 0 Å². The molecule has 0 aliphatic carbocycles. The summed E-state index contributed by atoms with van der Waals surface area (Å²) >= 11 is 0. The first-order chi connectivity index (χ1) is 8.57. The van der Waals surface area contributed by atoms with E-state index >= 15 is 0 Å². The molecule has 0 aliphatic rings. The van der Waals surface area contributed by atoms with Crippen molar-refractivity contribution in [2.45, 2.75) is 20.3 Å². The van der Waals surface area contributed by atoms with Crippen LogP contribution in [0.25, 0.3) is 10.8 Å². The molecule has 1 N–H and O–H groups in total. The third kappa shape index (κ3) is 2.49. The van der Waals surface area contributed by atoms with E-state index in [-0.39, 0.29) is 12.0 Å². The second-order valence-corrected chi connectivity index (χ2v) is 5.47. The zero-order chi connectivity index (χ0) is 13.2. The van der Waals surface area contributed by atoms with Crippen LogP contribution in [0.15, 0.2) is 36.4 Å². The van der Waals surface area contributed by atoms with Crippen LogP contribution < -0.4 is 4.74 Å². The summed E-state index contributed by atoms with van der Waals surface area (Å²) in [5.41, 5.74) is 1.03. The Hall–Kier alpha value is -1.54. The Labute approximate surface area is 108 Å². The summed E-state index contributed by atoms with van der Waals surface area (Å²) in [7, 11) is 1.69. The van der Waals surface area contributed by atoms with Gasteiger partial charge in [-0.05, 0) is 28.7 Å². The Morgan fingerprint density at radius 3 is 2.50 bits per heavy atom. The molecule has 0 aliphatic heterocycles. The fraction of sp³-hybridized carbons (Fsp3) is 0.375. The predicted molar refractivity (Wildman–Crippen MR) is 75.1 cm³/mol. The van der Waals surface area contributed by atoms with Crippen molar-refractivity contribution in [2.75, 3.05) is 13.7 Å². The Kier molecular flexibility index (Phi) is 3.58. The van der Waals surface area contributed by atoms with Crippen LogP contribution in [-0.4, -0.2) is 18.8 Å². The number of ether oxygens (including phenoxy) is 1. The van der Waals surface area contributed by atoms with Gasteiger partial charge in [0.05, 0.1) is 7.11 Å². The highest BCUT2D eigenvalue weighted by Gasteiger charge is 2.21. The van der Waals surface area contributed by atoms with Gasteiger partial charge < -0.3 is 9.84 Å². The molecule has 96 valence electrons. The largest absolute Gasteiger partial charge is 0.496 e. The van der Waals surface area contributed by atoms with E-state index in [1.165, 1.54) is 16.3 Å². The van der Waals surface area contributed by atoms with E-state index in [1.54, 1.807) is 7.11 Å². The highest BCUT2D eigenvalue weighted by Crippen LogP contribution is 2.33. The summed E-state index contributed by atoms with van der Waals surface area (Å²) in [4.78, 5) is 0. The number of methoxy groups -OCH3 is 1. The maximum atomic E-state index is 9.45. The van der Waals surface area contributed by atoms with Crippen LogP contribution in [0.2, 0.25) is 0 Å². The van der Waals surface area contributed by atoms with E-state index in [1.807, 2.05) is 18.2 Å². The fourth-order valence-electron chi connectivity index (χ4n) is 2.22. The van der Waals surface area contributed by atoms with Crippen LogP contribution in [0, 0.1) is 5.41 Å². The highest BCUT2D eigenvalue weighted by molar-refractivity contribution is 5.87. The normalized spacial score (nSPS) is 11.8. The Balaban J connectivity index is 2.58. The molecule has 0 saturated heterocycles. The number of rotatable bonds is 4. The molecule has 0 spiro atoms. The molecule has 0 heterocycles. The minimum atomic E-state index is -0.141. The summed E-state index contributed by atoms with van der Waals surface area (Å²) in [5, 5.41) is 11.9. The first-order valence-corrected chi connectivity index (χ1v) is 6.23. The minimum Gasteiger partial charge on any atom is -0.496 e. The second kappa shape index (κ2) is 4.99. The van der Waals surface area contributed by atoms with Crippen LogP contribution in [0.5, 0.6) is 5.75 Å². The van der Waals surface area contributed by atoms with Crippen molar-refractivity contribution < 1.29 is 9.84 Å². The number of aliphatic hydroxyl groups is 1. The summed E-state index contributed by atoms with van der Waals surface area (Å²) in [6, 6.07) is 12.4. The standard InChI is InChI=1S/C16H20O2/c1-16(2,11-17)10-14-13-7-5-4-6-12(13)8-9-15(14)18-3/h4-9,17H,10-11H2,1-3H3. The van der Waals surface area contributed by atoms with Gasteiger partial charge in [0.1, 0.15) is 5.75 Å². The minimum absolute atomic E-state index is 0.141. The van der Waals surface area contributed by atoms with Gasteiger partial charge in [0, 0.05) is 12.2 Å². The van der Waals surface area contributed by atoms with E-state index in [9.17, 15) is 5.11 Å². The van der Waals surface area contributed by atoms with Gasteiger partial charge in [-0.15, -0.1) is 0 Å². The van der Waals surface area contributed by atoms with E-state index in [0.29, 0.717) is 0 Å². The average molecular weight is 244 g/mol. The molecule has 2 aromatic rings. The fourth-order valence-corrected chi connectivity index (χ4v) is 2.22. The van der Waals surface area contributed by atoms with Gasteiger partial charge in [0.15, 0.2) is 0 Å². The summed E-state index contributed by atoms with van der Waals surface area (Å²) in [5.74, 6) is 0.898. The lowest BCUT2D eigenvalue weighted by Gasteiger charge is -2.24. The zero-order valence-corrected chi connectivity index (χ0v) is 11.2. The Morgan fingerprint density at radius 1 is 1.11 bits per heavy atom. The third-order valence-electron chi connectivity index (χ3n) is 3.30. The topological polar surface area (TPSA) is 29.5 Å². The maximum Gasteiger partial charge on any atom is 0.122 e. The average Bonchev–Trinajstić information content (AvgIpc) is 2.39. The molecule has 2 heteroatoms. The van der Waals surface area contributed by atoms with E-state index in [4.69, 9.17) is 4.74 Å². The summed E-state index contributed by atoms with van der Waals surface area (Å²) < 4.78 is 5.46. The van der Waals surface area contributed by atoms with E-state index in [2.05, 4.69) is 32.0 Å². The van der Waals surface area contributed by atoms with Gasteiger partial charge in [-0.2, -0.15) is 0 Å². The van der Waals surface area contributed by atoms with E-state index < -0.39 is 0 Å². The lowest BCUT2D eigenvalue weighted by atomic mass is 9.84. The lowest BCUT2D eigenvalue weighted by Crippen LogP contribution is -2.20. The molecule has 2 nitrogen and oxygen atoms in total. The molecule has 0 saturated carbocycles. The first kappa shape index (κ1) is 12.9. The van der Waals surface area contributed by atoms with Gasteiger partial charge in [0.2, 0.25) is 0 Å². The molecule has 0 bridgehead atoms. The van der Waals surface area contributed by atoms with Gasteiger partial charge in [0.25, 0.3) is 0 Å². The molecule has 0 fully saturated rings. The van der Waals surface area contributed by atoms with Gasteiger partial charge in [-0.25, -0.2) is 0 Å². The zero-order valence-electron chi connectivity index (χ0n) is 11.2. The lowest BCUT2D eigenvalue weighted by molar-refractivity contribution is 0.159. The van der Waals surface area contributed by atoms with Crippen molar-refractivity contribution in [2.24, 2.45) is 5.41 Å². The summed E-state index contributed by atoms with van der Waals surface area (Å²) in [6.45, 7) is 4.29. The van der Waals surface area contributed by atoms with Crippen molar-refractivity contribution in [3.05, 3.63) is 42.0 Å². The highest BCUT2D eigenvalue weighted by atomic mass is 16.5. The summed E-state index contributed by atoms with van der Waals surface area (Å²) in [6.07, 6.45) is 0.800. The van der Waals surface area contributed by atoms with Crippen LogP contribution in [-0.2, 0) is 6.42 Å². The molecule has 0 radical (unpaired) electrons. The number of aliphatic hydroxyl groups excluding tert-OH is 1. The molecule has 2 aromatic carbocycles. The number of benzene rings is 2. The monoisotopic (exact) mass is 244 g/mol. The van der Waals surface area contributed by atoms with Gasteiger partial charge in [-0.1, -0.05) is 44.2 Å². The maximum absolute atomic E-state index is 9.45. The molecule has 0 unspecified atom stereocenters. The number of hydrogen-bond acceptors (Lipinski definition) is 2. The van der Waals surface area contributed by atoms with Crippen molar-refractivity contribution in [3.63, 3.8) is 0 Å². The van der Waals surface area contributed by atoms with Crippen LogP contribution in [0.4, 0.5) is 0 Å². The van der Waals surface area contributed by atoms with Crippen molar-refractivity contribution in [1.82, 2.24) is 0 Å². The Bertz CT molecular complexity index is 544. The number of fused-ring (bicyclic) bond motifs is 1. The molecular weight excluding hydrogens is 224 g/mol. The predicted octanol–water partition coefficient (Wildman–Crippen LogP) is 3.41. The molecule has 2 rings (SSSR count). The third-order valence-corrected chi connectivity index (χ3v) is 3.30. The molecule has 18 heavy (non-hydrogen) atoms. The molecule has 0 aromatic heterocycles. The number of hydrogen-bond donors (Lipinski definition) is 1. The quantitative estimate of drug-likeness (QED) is 0.893.